The number of benzene rings is 1. The summed E-state index contributed by atoms with van der Waals surface area (Å²) in [5.41, 5.74) is 8.84. The van der Waals surface area contributed by atoms with Crippen LogP contribution in [-0.4, -0.2) is 41.9 Å². The lowest BCUT2D eigenvalue weighted by Crippen LogP contribution is -2.35. The van der Waals surface area contributed by atoms with Crippen molar-refractivity contribution >= 4 is 29.9 Å². The van der Waals surface area contributed by atoms with Gasteiger partial charge in [0.1, 0.15) is 0 Å². The Balaban J connectivity index is 0.00000208. The predicted molar refractivity (Wildman–Crippen MR) is 112 cm³/mol. The molecule has 0 amide bonds. The second-order valence-electron chi connectivity index (χ2n) is 6.98. The van der Waals surface area contributed by atoms with Crippen LogP contribution in [0, 0.1) is 0 Å². The smallest absolute Gasteiger partial charge is 0.191 e. The van der Waals surface area contributed by atoms with Gasteiger partial charge in [0.05, 0.1) is 6.54 Å². The fourth-order valence-corrected chi connectivity index (χ4v) is 3.33. The van der Waals surface area contributed by atoms with Gasteiger partial charge in [-0.05, 0) is 49.9 Å². The molecule has 5 heteroatoms. The van der Waals surface area contributed by atoms with Crippen molar-refractivity contribution in [2.45, 2.75) is 57.7 Å². The molecular formula is C19H31IN4. The summed E-state index contributed by atoms with van der Waals surface area (Å²) in [5, 5.41) is 0. The molecule has 1 aliphatic carbocycles. The van der Waals surface area contributed by atoms with Gasteiger partial charge >= 0.3 is 0 Å². The van der Waals surface area contributed by atoms with Crippen LogP contribution < -0.4 is 5.73 Å². The third kappa shape index (κ3) is 5.62. The maximum Gasteiger partial charge on any atom is 0.191 e. The summed E-state index contributed by atoms with van der Waals surface area (Å²) in [7, 11) is 2.06. The molecule has 0 radical (unpaired) electrons. The molecule has 0 atom stereocenters. The fraction of sp³-hybridized carbons (Fsp3) is 0.632. The third-order valence-corrected chi connectivity index (χ3v) is 5.08. The van der Waals surface area contributed by atoms with Gasteiger partial charge in [0.2, 0.25) is 0 Å². The van der Waals surface area contributed by atoms with Crippen molar-refractivity contribution in [2.24, 2.45) is 10.7 Å². The topological polar surface area (TPSA) is 44.9 Å². The van der Waals surface area contributed by atoms with Crippen LogP contribution in [-0.2, 0) is 13.1 Å². The SMILES string of the molecule is CN(C(N)=NCc1ccccc1CN1CCCCCC1)C1CC1.I. The zero-order valence-corrected chi connectivity index (χ0v) is 17.1. The second kappa shape index (κ2) is 9.61. The van der Waals surface area contributed by atoms with Gasteiger partial charge in [0, 0.05) is 19.6 Å². The normalized spacial score (nSPS) is 19.5. The van der Waals surface area contributed by atoms with Crippen LogP contribution in [0.4, 0.5) is 0 Å². The summed E-state index contributed by atoms with van der Waals surface area (Å²) < 4.78 is 0. The van der Waals surface area contributed by atoms with Gasteiger partial charge in [0.25, 0.3) is 0 Å². The minimum absolute atomic E-state index is 0. The minimum Gasteiger partial charge on any atom is -0.370 e. The summed E-state index contributed by atoms with van der Waals surface area (Å²) in [4.78, 5) is 9.34. The highest BCUT2D eigenvalue weighted by Gasteiger charge is 2.27. The van der Waals surface area contributed by atoms with Gasteiger partial charge in [-0.25, -0.2) is 4.99 Å². The van der Waals surface area contributed by atoms with Crippen LogP contribution in [0.5, 0.6) is 0 Å². The molecule has 0 spiro atoms. The monoisotopic (exact) mass is 442 g/mol. The first-order chi connectivity index (χ1) is 11.2. The van der Waals surface area contributed by atoms with Crippen LogP contribution in [0.25, 0.3) is 0 Å². The maximum absolute atomic E-state index is 6.13. The average molecular weight is 442 g/mol. The van der Waals surface area contributed by atoms with E-state index in [1.54, 1.807) is 0 Å². The summed E-state index contributed by atoms with van der Waals surface area (Å²) in [6.07, 6.45) is 7.92. The Morgan fingerprint density at radius 2 is 1.75 bits per heavy atom. The highest BCUT2D eigenvalue weighted by atomic mass is 127. The molecule has 1 saturated heterocycles. The number of hydrogen-bond donors (Lipinski definition) is 1. The molecule has 1 aromatic rings. The molecule has 1 aromatic carbocycles. The van der Waals surface area contributed by atoms with Crippen molar-refractivity contribution in [2.75, 3.05) is 20.1 Å². The highest BCUT2D eigenvalue weighted by molar-refractivity contribution is 14.0. The molecule has 1 heterocycles. The fourth-order valence-electron chi connectivity index (χ4n) is 3.33. The van der Waals surface area contributed by atoms with E-state index in [-0.39, 0.29) is 24.0 Å². The Morgan fingerprint density at radius 1 is 1.12 bits per heavy atom. The first kappa shape index (κ1) is 19.5. The quantitative estimate of drug-likeness (QED) is 0.431. The van der Waals surface area contributed by atoms with Crippen molar-refractivity contribution in [3.8, 4) is 0 Å². The van der Waals surface area contributed by atoms with E-state index in [9.17, 15) is 0 Å². The molecule has 0 bridgehead atoms. The van der Waals surface area contributed by atoms with Crippen molar-refractivity contribution < 1.29 is 0 Å². The molecule has 0 aromatic heterocycles. The highest BCUT2D eigenvalue weighted by Crippen LogP contribution is 2.25. The molecule has 2 aliphatic rings. The first-order valence-corrected chi connectivity index (χ1v) is 9.06. The van der Waals surface area contributed by atoms with Gasteiger partial charge in [-0.2, -0.15) is 0 Å². The number of rotatable bonds is 5. The van der Waals surface area contributed by atoms with E-state index in [0.717, 1.165) is 6.54 Å². The zero-order chi connectivity index (χ0) is 16.1. The van der Waals surface area contributed by atoms with Crippen LogP contribution in [0.15, 0.2) is 29.3 Å². The van der Waals surface area contributed by atoms with Crippen molar-refractivity contribution in [1.29, 1.82) is 0 Å². The second-order valence-corrected chi connectivity index (χ2v) is 6.98. The van der Waals surface area contributed by atoms with Crippen LogP contribution in [0.1, 0.15) is 49.7 Å². The molecule has 24 heavy (non-hydrogen) atoms. The lowest BCUT2D eigenvalue weighted by molar-refractivity contribution is 0.276. The molecule has 3 rings (SSSR count). The van der Waals surface area contributed by atoms with Gasteiger partial charge in [-0.3, -0.25) is 4.90 Å². The molecule has 1 aliphatic heterocycles. The van der Waals surface area contributed by atoms with Crippen molar-refractivity contribution in [1.82, 2.24) is 9.80 Å². The lowest BCUT2D eigenvalue weighted by Gasteiger charge is -2.21. The third-order valence-electron chi connectivity index (χ3n) is 5.08. The molecule has 2 fully saturated rings. The number of hydrogen-bond acceptors (Lipinski definition) is 2. The van der Waals surface area contributed by atoms with E-state index in [4.69, 9.17) is 5.73 Å². The average Bonchev–Trinajstić information content (AvgIpc) is 3.40. The van der Waals surface area contributed by atoms with Crippen LogP contribution in [0.3, 0.4) is 0 Å². The van der Waals surface area contributed by atoms with E-state index < -0.39 is 0 Å². The lowest BCUT2D eigenvalue weighted by atomic mass is 10.1. The van der Waals surface area contributed by atoms with Gasteiger partial charge in [-0.15, -0.1) is 24.0 Å². The Morgan fingerprint density at radius 3 is 2.38 bits per heavy atom. The van der Waals surface area contributed by atoms with Gasteiger partial charge in [-0.1, -0.05) is 37.1 Å². The van der Waals surface area contributed by atoms with E-state index in [0.29, 0.717) is 18.5 Å². The first-order valence-electron chi connectivity index (χ1n) is 9.06. The van der Waals surface area contributed by atoms with E-state index in [1.165, 1.54) is 62.7 Å². The van der Waals surface area contributed by atoms with Crippen molar-refractivity contribution in [3.05, 3.63) is 35.4 Å². The summed E-state index contributed by atoms with van der Waals surface area (Å²) in [5.74, 6) is 0.678. The van der Waals surface area contributed by atoms with E-state index in [2.05, 4.69) is 46.1 Å². The molecule has 2 N–H and O–H groups in total. The molecule has 1 saturated carbocycles. The number of aliphatic imine (C=N–C) groups is 1. The van der Waals surface area contributed by atoms with E-state index in [1.807, 2.05) is 0 Å². The number of nitrogens with two attached hydrogens (primary N) is 1. The Bertz CT molecular complexity index is 534. The van der Waals surface area contributed by atoms with E-state index >= 15 is 0 Å². The molecular weight excluding hydrogens is 411 g/mol. The number of likely N-dealkylation sites (tertiary alicyclic amines) is 1. The van der Waals surface area contributed by atoms with Crippen molar-refractivity contribution in [3.63, 3.8) is 0 Å². The van der Waals surface area contributed by atoms with Gasteiger partial charge in [0.15, 0.2) is 5.96 Å². The maximum atomic E-state index is 6.13. The molecule has 0 unspecified atom stereocenters. The van der Waals surface area contributed by atoms with Gasteiger partial charge < -0.3 is 10.6 Å². The Hall–Kier alpha value is -0.820. The minimum atomic E-state index is 0. The predicted octanol–water partition coefficient (Wildman–Crippen LogP) is 3.59. The molecule has 134 valence electrons. The Kier molecular flexibility index (Phi) is 7.81. The summed E-state index contributed by atoms with van der Waals surface area (Å²) in [6.45, 7) is 4.19. The number of halogens is 1. The van der Waals surface area contributed by atoms with Crippen LogP contribution in [0.2, 0.25) is 0 Å². The summed E-state index contributed by atoms with van der Waals surface area (Å²) >= 11 is 0. The number of guanidine groups is 1. The summed E-state index contributed by atoms with van der Waals surface area (Å²) in [6, 6.07) is 9.31. The van der Waals surface area contributed by atoms with Crippen LogP contribution >= 0.6 is 24.0 Å². The number of nitrogens with zero attached hydrogens (tertiary/aromatic N) is 3. The standard InChI is InChI=1S/C19H30N4.HI/c1-22(18-10-11-18)19(20)21-14-16-8-4-5-9-17(16)15-23-12-6-2-3-7-13-23;/h4-5,8-9,18H,2-3,6-7,10-15H2,1H3,(H2,20,21);1H. The zero-order valence-electron chi connectivity index (χ0n) is 14.8. The Labute approximate surface area is 163 Å². The molecule has 4 nitrogen and oxygen atoms in total. The largest absolute Gasteiger partial charge is 0.370 e.